The van der Waals surface area contributed by atoms with E-state index >= 15 is 0 Å². The van der Waals surface area contributed by atoms with Crippen LogP contribution in [0.25, 0.3) is 0 Å². The minimum atomic E-state index is 0.244. The Bertz CT molecular complexity index is 835. The third-order valence-corrected chi connectivity index (χ3v) is 4.17. The van der Waals surface area contributed by atoms with Gasteiger partial charge in [-0.2, -0.15) is 0 Å². The molecule has 0 aliphatic rings. The van der Waals surface area contributed by atoms with Crippen molar-refractivity contribution < 1.29 is 9.15 Å². The number of pyridine rings is 1. The highest BCUT2D eigenvalue weighted by Gasteiger charge is 2.09. The Morgan fingerprint density at radius 2 is 2.04 bits per heavy atom. The molecule has 0 saturated heterocycles. The van der Waals surface area contributed by atoms with E-state index in [9.17, 15) is 0 Å². The minimum absolute atomic E-state index is 0.244. The first-order valence-electron chi connectivity index (χ1n) is 7.47. The van der Waals surface area contributed by atoms with Crippen molar-refractivity contribution in [1.82, 2.24) is 15.2 Å². The highest BCUT2D eigenvalue weighted by molar-refractivity contribution is 7.98. The molecule has 0 radical (unpaired) electrons. The molecule has 3 rings (SSSR count). The second-order valence-electron chi connectivity index (χ2n) is 5.36. The Morgan fingerprint density at radius 1 is 1.17 bits per heavy atom. The number of benzene rings is 1. The van der Waals surface area contributed by atoms with Crippen molar-refractivity contribution in [1.29, 1.82) is 0 Å². The summed E-state index contributed by atoms with van der Waals surface area (Å²) in [5, 5.41) is 8.50. The first kappa shape index (κ1) is 16.3. The summed E-state index contributed by atoms with van der Waals surface area (Å²) < 4.78 is 11.3. The molecule has 6 nitrogen and oxygen atoms in total. The van der Waals surface area contributed by atoms with E-state index in [1.807, 2.05) is 44.2 Å². The van der Waals surface area contributed by atoms with E-state index in [-0.39, 0.29) is 6.61 Å². The van der Waals surface area contributed by atoms with Gasteiger partial charge in [0.1, 0.15) is 11.6 Å². The van der Waals surface area contributed by atoms with Crippen LogP contribution >= 0.6 is 11.8 Å². The van der Waals surface area contributed by atoms with Gasteiger partial charge in [-0.3, -0.25) is 0 Å². The predicted molar refractivity (Wildman–Crippen MR) is 92.8 cm³/mol. The van der Waals surface area contributed by atoms with E-state index in [2.05, 4.69) is 15.2 Å². The summed E-state index contributed by atoms with van der Waals surface area (Å²) >= 11 is 1.42. The summed E-state index contributed by atoms with van der Waals surface area (Å²) in [7, 11) is 0. The topological polar surface area (TPSA) is 87.1 Å². The molecule has 3 aromatic rings. The summed E-state index contributed by atoms with van der Waals surface area (Å²) in [4.78, 5) is 4.23. The smallest absolute Gasteiger partial charge is 0.277 e. The van der Waals surface area contributed by atoms with Crippen LogP contribution in [-0.4, -0.2) is 15.2 Å². The van der Waals surface area contributed by atoms with Crippen LogP contribution in [0.2, 0.25) is 0 Å². The normalized spacial score (nSPS) is 10.8. The van der Waals surface area contributed by atoms with Crippen molar-refractivity contribution in [2.45, 2.75) is 31.4 Å². The number of ether oxygens (including phenoxy) is 1. The summed E-state index contributed by atoms with van der Waals surface area (Å²) in [6.07, 6.45) is 0. The molecule has 2 aromatic heterocycles. The number of nitrogens with zero attached hydrogens (tertiary/aromatic N) is 3. The second-order valence-corrected chi connectivity index (χ2v) is 6.29. The molecular formula is C17H18N4O2S. The largest absolute Gasteiger partial charge is 0.484 e. The number of nitrogens with two attached hydrogens (primary N) is 1. The molecule has 7 heteroatoms. The second kappa shape index (κ2) is 7.35. The number of rotatable bonds is 6. The highest BCUT2D eigenvalue weighted by atomic mass is 32.2. The van der Waals surface area contributed by atoms with Gasteiger partial charge in [0.25, 0.3) is 11.1 Å². The lowest BCUT2D eigenvalue weighted by atomic mass is 10.1. The third kappa shape index (κ3) is 4.26. The van der Waals surface area contributed by atoms with Gasteiger partial charge >= 0.3 is 0 Å². The average molecular weight is 342 g/mol. The molecule has 124 valence electrons. The van der Waals surface area contributed by atoms with E-state index in [0.717, 1.165) is 22.6 Å². The van der Waals surface area contributed by atoms with E-state index in [0.29, 0.717) is 22.7 Å². The summed E-state index contributed by atoms with van der Waals surface area (Å²) in [5.41, 5.74) is 8.75. The average Bonchev–Trinajstić information content (AvgIpc) is 3.02. The van der Waals surface area contributed by atoms with Gasteiger partial charge in [-0.1, -0.05) is 30.0 Å². The maximum atomic E-state index is 5.76. The molecule has 0 aliphatic heterocycles. The maximum absolute atomic E-state index is 5.76. The molecule has 2 heterocycles. The van der Waals surface area contributed by atoms with Gasteiger partial charge in [-0.05, 0) is 43.2 Å². The summed E-state index contributed by atoms with van der Waals surface area (Å²) in [6, 6.07) is 11.6. The van der Waals surface area contributed by atoms with Crippen LogP contribution in [0.3, 0.4) is 0 Å². The monoisotopic (exact) mass is 342 g/mol. The maximum Gasteiger partial charge on any atom is 0.277 e. The van der Waals surface area contributed by atoms with E-state index in [4.69, 9.17) is 14.9 Å². The van der Waals surface area contributed by atoms with Crippen LogP contribution in [0, 0.1) is 13.8 Å². The quantitative estimate of drug-likeness (QED) is 0.686. The molecule has 0 saturated carbocycles. The highest BCUT2D eigenvalue weighted by Crippen LogP contribution is 2.23. The van der Waals surface area contributed by atoms with Gasteiger partial charge in [0.2, 0.25) is 0 Å². The Balaban J connectivity index is 1.56. The summed E-state index contributed by atoms with van der Waals surface area (Å²) in [6.45, 7) is 4.27. The Kier molecular flexibility index (Phi) is 5.00. The molecule has 0 fully saturated rings. The van der Waals surface area contributed by atoms with Crippen molar-refractivity contribution >= 4 is 17.6 Å². The fourth-order valence-corrected chi connectivity index (χ4v) is 2.76. The van der Waals surface area contributed by atoms with Gasteiger partial charge in [-0.15, -0.1) is 10.2 Å². The first-order chi connectivity index (χ1) is 11.6. The molecule has 24 heavy (non-hydrogen) atoms. The van der Waals surface area contributed by atoms with E-state index in [1.54, 1.807) is 6.07 Å². The van der Waals surface area contributed by atoms with Crippen LogP contribution in [0.15, 0.2) is 46.0 Å². The first-order valence-corrected chi connectivity index (χ1v) is 8.45. The van der Waals surface area contributed by atoms with Crippen LogP contribution < -0.4 is 10.5 Å². The number of hydrogen-bond acceptors (Lipinski definition) is 7. The van der Waals surface area contributed by atoms with Crippen molar-refractivity contribution in [3.8, 4) is 5.75 Å². The number of anilines is 1. The van der Waals surface area contributed by atoms with Crippen LogP contribution in [0.4, 0.5) is 5.82 Å². The minimum Gasteiger partial charge on any atom is -0.484 e. The van der Waals surface area contributed by atoms with Crippen LogP contribution in [-0.2, 0) is 12.4 Å². The fraction of sp³-hybridized carbons (Fsp3) is 0.235. The van der Waals surface area contributed by atoms with Gasteiger partial charge in [-0.25, -0.2) is 4.98 Å². The van der Waals surface area contributed by atoms with Gasteiger partial charge < -0.3 is 14.9 Å². The lowest BCUT2D eigenvalue weighted by Crippen LogP contribution is -1.97. The van der Waals surface area contributed by atoms with Crippen molar-refractivity contribution in [2.75, 3.05) is 5.73 Å². The molecular weight excluding hydrogens is 324 g/mol. The van der Waals surface area contributed by atoms with Crippen LogP contribution in [0.1, 0.15) is 22.7 Å². The number of hydrogen-bond donors (Lipinski definition) is 1. The molecule has 0 spiro atoms. The molecule has 0 bridgehead atoms. The zero-order valence-corrected chi connectivity index (χ0v) is 14.3. The molecule has 0 atom stereocenters. The third-order valence-electron chi connectivity index (χ3n) is 3.31. The SMILES string of the molecule is Cc1ccc(C)c(OCc2nnc(SCc3cccc(N)n3)o2)c1. The number of thioether (sulfide) groups is 1. The molecule has 0 aliphatic carbocycles. The Morgan fingerprint density at radius 3 is 2.88 bits per heavy atom. The molecule has 0 unspecified atom stereocenters. The Labute approximate surface area is 144 Å². The van der Waals surface area contributed by atoms with Crippen LogP contribution in [0.5, 0.6) is 5.75 Å². The summed E-state index contributed by atoms with van der Waals surface area (Å²) in [5.74, 6) is 2.39. The zero-order valence-electron chi connectivity index (χ0n) is 13.5. The molecule has 2 N–H and O–H groups in total. The predicted octanol–water partition coefficient (Wildman–Crippen LogP) is 3.53. The zero-order chi connectivity index (χ0) is 16.9. The lowest BCUT2D eigenvalue weighted by molar-refractivity contribution is 0.250. The van der Waals surface area contributed by atoms with Crippen molar-refractivity contribution in [3.63, 3.8) is 0 Å². The number of aromatic nitrogens is 3. The van der Waals surface area contributed by atoms with Gasteiger partial charge in [0, 0.05) is 5.75 Å². The van der Waals surface area contributed by atoms with E-state index < -0.39 is 0 Å². The lowest BCUT2D eigenvalue weighted by Gasteiger charge is -2.07. The fourth-order valence-electron chi connectivity index (χ4n) is 2.07. The van der Waals surface area contributed by atoms with Crippen molar-refractivity contribution in [2.24, 2.45) is 0 Å². The Hall–Kier alpha value is -2.54. The van der Waals surface area contributed by atoms with Gasteiger partial charge in [0.05, 0.1) is 5.69 Å². The molecule has 0 amide bonds. The molecule has 1 aromatic carbocycles. The van der Waals surface area contributed by atoms with Gasteiger partial charge in [0.15, 0.2) is 6.61 Å². The van der Waals surface area contributed by atoms with E-state index in [1.165, 1.54) is 11.8 Å². The number of nitrogen functional groups attached to an aromatic ring is 1. The van der Waals surface area contributed by atoms with Crippen molar-refractivity contribution in [3.05, 3.63) is 59.1 Å². The number of aryl methyl sites for hydroxylation is 2. The standard InChI is InChI=1S/C17H18N4O2S/c1-11-6-7-12(2)14(8-11)22-9-16-20-21-17(23-16)24-10-13-4-3-5-15(18)19-13/h3-8H,9-10H2,1-2H3,(H2,18,19).